The number of rotatable bonds is 2. The number of amides is 1. The molecule has 1 unspecified atom stereocenters. The van der Waals surface area contributed by atoms with Crippen LogP contribution in [0.25, 0.3) is 0 Å². The molecule has 1 aliphatic rings. The summed E-state index contributed by atoms with van der Waals surface area (Å²) < 4.78 is 5.04. The van der Waals surface area contributed by atoms with Gasteiger partial charge in [0.25, 0.3) is 0 Å². The van der Waals surface area contributed by atoms with Gasteiger partial charge in [0, 0.05) is 13.1 Å². The van der Waals surface area contributed by atoms with E-state index in [1.807, 2.05) is 30.3 Å². The summed E-state index contributed by atoms with van der Waals surface area (Å²) in [4.78, 5) is 13.2. The van der Waals surface area contributed by atoms with E-state index < -0.39 is 0 Å². The maximum atomic E-state index is 11.5. The molecule has 1 saturated heterocycles. The highest BCUT2D eigenvalue weighted by molar-refractivity contribution is 5.78. The molecule has 3 heteroatoms. The van der Waals surface area contributed by atoms with Crippen molar-refractivity contribution >= 4 is 5.91 Å². The summed E-state index contributed by atoms with van der Waals surface area (Å²) in [5.74, 6) is 0.000512. The molecule has 2 radical (unpaired) electrons. The van der Waals surface area contributed by atoms with E-state index in [0.717, 1.165) is 5.56 Å². The SMILES string of the molecule is [CH]C1CN(Cc2ccccc2)C(=O)CO1. The lowest BCUT2D eigenvalue weighted by Gasteiger charge is -2.30. The molecule has 1 amide bonds. The molecule has 1 aromatic rings. The Morgan fingerprint density at radius 3 is 2.87 bits per heavy atom. The molecule has 0 aliphatic carbocycles. The summed E-state index contributed by atoms with van der Waals surface area (Å²) in [5.41, 5.74) is 1.11. The maximum Gasteiger partial charge on any atom is 0.248 e. The van der Waals surface area contributed by atoms with Gasteiger partial charge >= 0.3 is 0 Å². The first-order valence-corrected chi connectivity index (χ1v) is 4.94. The minimum absolute atomic E-state index is 0.000512. The largest absolute Gasteiger partial charge is 0.366 e. The van der Waals surface area contributed by atoms with Crippen molar-refractivity contribution in [1.29, 1.82) is 0 Å². The first-order chi connectivity index (χ1) is 7.25. The Balaban J connectivity index is 2.01. The first-order valence-electron chi connectivity index (χ1n) is 4.94. The van der Waals surface area contributed by atoms with Crippen LogP contribution in [0.5, 0.6) is 0 Å². The predicted molar refractivity (Wildman–Crippen MR) is 55.9 cm³/mol. The third-order valence-electron chi connectivity index (χ3n) is 2.39. The second-order valence-corrected chi connectivity index (χ2v) is 3.61. The number of hydrogen-bond acceptors (Lipinski definition) is 2. The molecule has 2 rings (SSSR count). The van der Waals surface area contributed by atoms with Crippen molar-refractivity contribution in [2.24, 2.45) is 0 Å². The zero-order chi connectivity index (χ0) is 10.7. The summed E-state index contributed by atoms with van der Waals surface area (Å²) in [6.07, 6.45) is -0.355. The van der Waals surface area contributed by atoms with Gasteiger partial charge in [-0.25, -0.2) is 0 Å². The van der Waals surface area contributed by atoms with E-state index in [2.05, 4.69) is 0 Å². The lowest BCUT2D eigenvalue weighted by atomic mass is 10.2. The molecule has 1 fully saturated rings. The number of benzene rings is 1. The Morgan fingerprint density at radius 2 is 2.13 bits per heavy atom. The van der Waals surface area contributed by atoms with Crippen molar-refractivity contribution < 1.29 is 9.53 Å². The Bertz CT molecular complexity index is 337. The van der Waals surface area contributed by atoms with Crippen LogP contribution in [0.3, 0.4) is 0 Å². The van der Waals surface area contributed by atoms with E-state index in [4.69, 9.17) is 11.7 Å². The molecule has 78 valence electrons. The topological polar surface area (TPSA) is 29.5 Å². The van der Waals surface area contributed by atoms with Gasteiger partial charge in [-0.3, -0.25) is 4.79 Å². The highest BCUT2D eigenvalue weighted by Crippen LogP contribution is 2.10. The van der Waals surface area contributed by atoms with Gasteiger partial charge in [0.15, 0.2) is 0 Å². The average Bonchev–Trinajstić information content (AvgIpc) is 2.25. The minimum Gasteiger partial charge on any atom is -0.366 e. The van der Waals surface area contributed by atoms with Gasteiger partial charge in [-0.05, 0) is 12.5 Å². The van der Waals surface area contributed by atoms with Crippen LogP contribution in [0, 0.1) is 6.92 Å². The Hall–Kier alpha value is -1.35. The van der Waals surface area contributed by atoms with Crippen molar-refractivity contribution in [1.82, 2.24) is 4.90 Å². The third kappa shape index (κ3) is 2.57. The Kier molecular flexibility index (Phi) is 3.02. The smallest absolute Gasteiger partial charge is 0.248 e. The van der Waals surface area contributed by atoms with Gasteiger partial charge in [0.05, 0.1) is 6.10 Å². The fraction of sp³-hybridized carbons (Fsp3) is 0.333. The first kappa shape index (κ1) is 10.2. The van der Waals surface area contributed by atoms with E-state index in [0.29, 0.717) is 13.1 Å². The summed E-state index contributed by atoms with van der Waals surface area (Å²) >= 11 is 0. The molecule has 1 heterocycles. The molecular formula is C12H13NO2. The van der Waals surface area contributed by atoms with E-state index in [1.54, 1.807) is 4.90 Å². The van der Waals surface area contributed by atoms with Crippen molar-refractivity contribution in [3.8, 4) is 0 Å². The van der Waals surface area contributed by atoms with Crippen LogP contribution in [-0.4, -0.2) is 30.1 Å². The minimum atomic E-state index is -0.355. The third-order valence-corrected chi connectivity index (χ3v) is 2.39. The fourth-order valence-electron chi connectivity index (χ4n) is 1.60. The summed E-state index contributed by atoms with van der Waals surface area (Å²) in [5, 5.41) is 0. The van der Waals surface area contributed by atoms with Gasteiger partial charge in [0.1, 0.15) is 6.61 Å². The second-order valence-electron chi connectivity index (χ2n) is 3.61. The van der Waals surface area contributed by atoms with Gasteiger partial charge in [-0.1, -0.05) is 30.3 Å². The van der Waals surface area contributed by atoms with Gasteiger partial charge in [-0.15, -0.1) is 0 Å². The number of nitrogens with zero attached hydrogens (tertiary/aromatic N) is 1. The highest BCUT2D eigenvalue weighted by Gasteiger charge is 2.23. The highest BCUT2D eigenvalue weighted by atomic mass is 16.5. The molecule has 0 aromatic heterocycles. The monoisotopic (exact) mass is 203 g/mol. The second kappa shape index (κ2) is 4.45. The fourth-order valence-corrected chi connectivity index (χ4v) is 1.60. The maximum absolute atomic E-state index is 11.5. The molecule has 0 saturated carbocycles. The normalized spacial score (nSPS) is 21.8. The van der Waals surface area contributed by atoms with Gasteiger partial charge in [-0.2, -0.15) is 0 Å². The zero-order valence-electron chi connectivity index (χ0n) is 8.43. The van der Waals surface area contributed by atoms with Gasteiger partial charge < -0.3 is 9.64 Å². The molecule has 1 aromatic carbocycles. The molecule has 1 atom stereocenters. The van der Waals surface area contributed by atoms with Crippen molar-refractivity contribution in [2.45, 2.75) is 12.6 Å². The molecule has 15 heavy (non-hydrogen) atoms. The molecular weight excluding hydrogens is 190 g/mol. The standard InChI is InChI=1S/C12H13NO2/c1-10-7-13(12(14)9-15-10)8-11-5-3-2-4-6-11/h1-6,10H,7-9H2. The Morgan fingerprint density at radius 1 is 1.40 bits per heavy atom. The summed E-state index contributed by atoms with van der Waals surface area (Å²) in [6, 6.07) is 9.86. The quantitative estimate of drug-likeness (QED) is 0.721. The Labute approximate surface area is 89.7 Å². The van der Waals surface area contributed by atoms with Crippen LogP contribution in [-0.2, 0) is 16.1 Å². The molecule has 3 nitrogen and oxygen atoms in total. The van der Waals surface area contributed by atoms with Crippen LogP contribution in [0.15, 0.2) is 30.3 Å². The number of morpholine rings is 1. The van der Waals surface area contributed by atoms with Crippen molar-refractivity contribution in [3.05, 3.63) is 42.8 Å². The molecule has 0 bridgehead atoms. The van der Waals surface area contributed by atoms with E-state index in [-0.39, 0.29) is 18.6 Å². The van der Waals surface area contributed by atoms with Crippen LogP contribution in [0.2, 0.25) is 0 Å². The number of carbonyl (C=O) groups is 1. The van der Waals surface area contributed by atoms with E-state index >= 15 is 0 Å². The molecule has 1 aliphatic heterocycles. The van der Waals surface area contributed by atoms with Crippen molar-refractivity contribution in [2.75, 3.05) is 13.2 Å². The van der Waals surface area contributed by atoms with Crippen LogP contribution in [0.1, 0.15) is 5.56 Å². The lowest BCUT2D eigenvalue weighted by Crippen LogP contribution is -2.45. The summed E-state index contributed by atoms with van der Waals surface area (Å²) in [7, 11) is 0. The van der Waals surface area contributed by atoms with E-state index in [9.17, 15) is 4.79 Å². The lowest BCUT2D eigenvalue weighted by molar-refractivity contribution is -0.147. The number of hydrogen-bond donors (Lipinski definition) is 0. The zero-order valence-corrected chi connectivity index (χ0v) is 8.43. The summed E-state index contributed by atoms with van der Waals surface area (Å²) in [6.45, 7) is 6.79. The van der Waals surface area contributed by atoms with E-state index in [1.165, 1.54) is 0 Å². The van der Waals surface area contributed by atoms with Crippen LogP contribution >= 0.6 is 0 Å². The number of ether oxygens (including phenoxy) is 1. The number of carbonyl (C=O) groups excluding carboxylic acids is 1. The van der Waals surface area contributed by atoms with Crippen LogP contribution < -0.4 is 0 Å². The van der Waals surface area contributed by atoms with Crippen LogP contribution in [0.4, 0.5) is 0 Å². The predicted octanol–water partition coefficient (Wildman–Crippen LogP) is 1.13. The molecule has 0 N–H and O–H groups in total. The van der Waals surface area contributed by atoms with Gasteiger partial charge in [0.2, 0.25) is 5.91 Å². The van der Waals surface area contributed by atoms with Crippen molar-refractivity contribution in [3.63, 3.8) is 0 Å². The molecule has 0 spiro atoms. The average molecular weight is 203 g/mol.